The number of nitrogens with zero attached hydrogens (tertiary/aromatic N) is 7. The van der Waals surface area contributed by atoms with Crippen LogP contribution in [0.1, 0.15) is 76.7 Å². The number of aromatic nitrogens is 7. The molecule has 4 amide bonds. The molecule has 0 aliphatic carbocycles. The molecular weight excluding hydrogens is 777 g/mol. The highest BCUT2D eigenvalue weighted by molar-refractivity contribution is 7.13. The number of hydrogen-bond donors (Lipinski definition) is 5. The standard InChI is InChI=1S/C40H46N12O6S/c1-6-27-34(59-22(4)44-27)38(56)48-40-45-28-17-24(35(41)53)15-23(16-26-20-58-13-10-43-26)32(28)50(40)11-8-9-12-51-33-29(18-25(36(42)54)19-31(33)57-5)46-39(51)47-37(55)30-14-21(3)49-52(30)7-2/h8-9,14-15,17-19,26,43H,6-7,10-13,16,20H2,1-5H3,(H2,41,53)(H2,42,54)(H,45,48,56)(H,46,47,55)/b9-8+. The van der Waals surface area contributed by atoms with Gasteiger partial charge in [0.25, 0.3) is 11.8 Å². The average Bonchev–Trinajstić information content (AvgIpc) is 3.98. The van der Waals surface area contributed by atoms with E-state index in [0.29, 0.717) is 94.5 Å². The predicted molar refractivity (Wildman–Crippen MR) is 223 cm³/mol. The van der Waals surface area contributed by atoms with E-state index in [0.717, 1.165) is 10.6 Å². The number of amides is 4. The topological polar surface area (TPSA) is 241 Å². The minimum atomic E-state index is -0.659. The lowest BCUT2D eigenvalue weighted by Crippen LogP contribution is -2.42. The lowest BCUT2D eigenvalue weighted by molar-refractivity contribution is 0.0771. The van der Waals surface area contributed by atoms with Crippen LogP contribution >= 0.6 is 11.3 Å². The summed E-state index contributed by atoms with van der Waals surface area (Å²) in [5.41, 5.74) is 16.5. The molecule has 1 unspecified atom stereocenters. The first-order valence-electron chi connectivity index (χ1n) is 19.2. The molecule has 0 saturated carbocycles. The minimum absolute atomic E-state index is 0.0348. The van der Waals surface area contributed by atoms with Crippen LogP contribution in [0.5, 0.6) is 5.75 Å². The van der Waals surface area contributed by atoms with Gasteiger partial charge in [-0.3, -0.25) is 34.5 Å². The van der Waals surface area contributed by atoms with Gasteiger partial charge in [-0.25, -0.2) is 15.0 Å². The van der Waals surface area contributed by atoms with Crippen molar-refractivity contribution in [1.29, 1.82) is 0 Å². The van der Waals surface area contributed by atoms with Crippen LogP contribution in [0.15, 0.2) is 42.5 Å². The Bertz CT molecular complexity index is 2630. The van der Waals surface area contributed by atoms with Crippen molar-refractivity contribution in [2.75, 3.05) is 37.5 Å². The van der Waals surface area contributed by atoms with Crippen LogP contribution in [0.2, 0.25) is 0 Å². The van der Waals surface area contributed by atoms with Gasteiger partial charge in [0.15, 0.2) is 0 Å². The Morgan fingerprint density at radius 3 is 2.17 bits per heavy atom. The highest BCUT2D eigenvalue weighted by Crippen LogP contribution is 2.32. The van der Waals surface area contributed by atoms with E-state index < -0.39 is 17.7 Å². The number of carbonyl (C=O) groups is 4. The lowest BCUT2D eigenvalue weighted by Gasteiger charge is -2.24. The van der Waals surface area contributed by atoms with Crippen molar-refractivity contribution in [3.63, 3.8) is 0 Å². The number of thiazole rings is 1. The number of methoxy groups -OCH3 is 1. The van der Waals surface area contributed by atoms with Crippen molar-refractivity contribution in [1.82, 2.24) is 39.2 Å². The van der Waals surface area contributed by atoms with Crippen molar-refractivity contribution < 1.29 is 28.7 Å². The Morgan fingerprint density at radius 2 is 1.56 bits per heavy atom. The molecule has 7 rings (SSSR count). The third kappa shape index (κ3) is 8.43. The number of allylic oxidation sites excluding steroid dienone is 2. The first-order valence-corrected chi connectivity index (χ1v) is 20.0. The maximum Gasteiger partial charge on any atom is 0.276 e. The third-order valence-corrected chi connectivity index (χ3v) is 11.0. The molecule has 1 fully saturated rings. The Kier molecular flexibility index (Phi) is 11.9. The number of rotatable bonds is 15. The normalized spacial score (nSPS) is 14.4. The smallest absolute Gasteiger partial charge is 0.276 e. The van der Waals surface area contributed by atoms with E-state index in [1.165, 1.54) is 24.5 Å². The molecule has 7 N–H and O–H groups in total. The highest BCUT2D eigenvalue weighted by atomic mass is 32.1. The number of anilines is 2. The Labute approximate surface area is 343 Å². The molecule has 2 aromatic carbocycles. The number of carbonyl (C=O) groups excluding carboxylic acids is 4. The summed E-state index contributed by atoms with van der Waals surface area (Å²) in [4.78, 5) is 66.8. The van der Waals surface area contributed by atoms with E-state index in [-0.39, 0.29) is 42.5 Å². The fourth-order valence-corrected chi connectivity index (χ4v) is 8.19. The number of primary amides is 2. The van der Waals surface area contributed by atoms with E-state index in [1.54, 1.807) is 33.5 Å². The van der Waals surface area contributed by atoms with Crippen LogP contribution in [-0.4, -0.2) is 90.4 Å². The van der Waals surface area contributed by atoms with E-state index in [1.807, 2.05) is 44.4 Å². The SMILES string of the molecule is CCc1nc(C)sc1C(=O)Nc1nc2cc(C(N)=O)cc(CC3COCCN3)c2n1C/C=C/Cn1c(NC(=O)c2cc(C)nn2CC)nc2cc(C(N)=O)cc(OC)c21. The van der Waals surface area contributed by atoms with Crippen LogP contribution in [0, 0.1) is 13.8 Å². The highest BCUT2D eigenvalue weighted by Gasteiger charge is 2.25. The van der Waals surface area contributed by atoms with Gasteiger partial charge in [0.1, 0.15) is 21.8 Å². The largest absolute Gasteiger partial charge is 0.494 e. The molecule has 1 atom stereocenters. The summed E-state index contributed by atoms with van der Waals surface area (Å²) in [6.07, 6.45) is 4.86. The molecule has 0 bridgehead atoms. The molecule has 308 valence electrons. The fraction of sp³-hybridized carbons (Fsp3) is 0.350. The monoisotopic (exact) mass is 822 g/mol. The summed E-state index contributed by atoms with van der Waals surface area (Å²) in [7, 11) is 1.47. The predicted octanol–water partition coefficient (Wildman–Crippen LogP) is 3.74. The molecule has 18 nitrogen and oxygen atoms in total. The van der Waals surface area contributed by atoms with E-state index in [9.17, 15) is 19.2 Å². The van der Waals surface area contributed by atoms with Crippen molar-refractivity contribution in [2.24, 2.45) is 11.5 Å². The van der Waals surface area contributed by atoms with Gasteiger partial charge in [-0.15, -0.1) is 11.3 Å². The summed E-state index contributed by atoms with van der Waals surface area (Å²) in [6.45, 7) is 10.2. The average molecular weight is 823 g/mol. The summed E-state index contributed by atoms with van der Waals surface area (Å²) in [5, 5.41) is 14.6. The molecule has 0 spiro atoms. The summed E-state index contributed by atoms with van der Waals surface area (Å²) in [5.74, 6) is -1.23. The van der Waals surface area contributed by atoms with E-state index >= 15 is 0 Å². The Balaban J connectivity index is 1.29. The summed E-state index contributed by atoms with van der Waals surface area (Å²) < 4.78 is 16.7. The third-order valence-electron chi connectivity index (χ3n) is 9.95. The molecule has 6 aromatic rings. The van der Waals surface area contributed by atoms with Crippen molar-refractivity contribution in [2.45, 2.75) is 66.2 Å². The summed E-state index contributed by atoms with van der Waals surface area (Å²) >= 11 is 1.31. The van der Waals surface area contributed by atoms with E-state index in [4.69, 9.17) is 30.9 Å². The first-order chi connectivity index (χ1) is 28.4. The second kappa shape index (κ2) is 17.2. The molecule has 1 aliphatic rings. The maximum atomic E-state index is 13.8. The molecule has 0 radical (unpaired) electrons. The number of benzene rings is 2. The van der Waals surface area contributed by atoms with E-state index in [2.05, 4.69) is 26.0 Å². The van der Waals surface area contributed by atoms with Crippen LogP contribution < -0.4 is 32.2 Å². The zero-order valence-corrected chi connectivity index (χ0v) is 34.2. The van der Waals surface area contributed by atoms with Crippen molar-refractivity contribution in [3.05, 3.63) is 86.1 Å². The molecule has 59 heavy (non-hydrogen) atoms. The molecule has 1 saturated heterocycles. The molecule has 4 aromatic heterocycles. The number of imidazole rings is 2. The molecule has 1 aliphatic heterocycles. The zero-order chi connectivity index (χ0) is 42.0. The number of hydrogen-bond acceptors (Lipinski definition) is 12. The quantitative estimate of drug-likeness (QED) is 0.0935. The zero-order valence-electron chi connectivity index (χ0n) is 33.4. The van der Waals surface area contributed by atoms with Gasteiger partial charge >= 0.3 is 0 Å². The van der Waals surface area contributed by atoms with Crippen LogP contribution in [0.25, 0.3) is 22.1 Å². The second-order valence-electron chi connectivity index (χ2n) is 14.0. The van der Waals surface area contributed by atoms with Gasteiger partial charge in [-0.1, -0.05) is 19.1 Å². The van der Waals surface area contributed by atoms with Crippen LogP contribution in [0.4, 0.5) is 11.9 Å². The lowest BCUT2D eigenvalue weighted by atomic mass is 10.0. The van der Waals surface area contributed by atoms with Crippen LogP contribution in [-0.2, 0) is 37.2 Å². The molecule has 19 heteroatoms. The number of aryl methyl sites for hydroxylation is 4. The minimum Gasteiger partial charge on any atom is -0.494 e. The first kappa shape index (κ1) is 40.7. The van der Waals surface area contributed by atoms with Crippen molar-refractivity contribution >= 4 is 68.9 Å². The number of fused-ring (bicyclic) bond motifs is 2. The van der Waals surface area contributed by atoms with Gasteiger partial charge < -0.3 is 35.4 Å². The Hall–Kier alpha value is -6.44. The van der Waals surface area contributed by atoms with Gasteiger partial charge in [-0.2, -0.15) is 5.10 Å². The van der Waals surface area contributed by atoms with Crippen molar-refractivity contribution in [3.8, 4) is 5.75 Å². The number of ether oxygens (including phenoxy) is 2. The van der Waals surface area contributed by atoms with Gasteiger partial charge in [0, 0.05) is 43.3 Å². The number of nitrogens with one attached hydrogen (secondary N) is 3. The Morgan fingerprint density at radius 1 is 0.915 bits per heavy atom. The fourth-order valence-electron chi connectivity index (χ4n) is 7.28. The summed E-state index contributed by atoms with van der Waals surface area (Å²) in [6, 6.07) is 8.13. The van der Waals surface area contributed by atoms with Crippen LogP contribution in [0.3, 0.4) is 0 Å². The van der Waals surface area contributed by atoms with Gasteiger partial charge in [0.05, 0.1) is 53.3 Å². The molecular formula is C40H46N12O6S. The maximum absolute atomic E-state index is 13.8. The van der Waals surface area contributed by atoms with Gasteiger partial charge in [-0.05, 0) is 69.5 Å². The number of nitrogens with two attached hydrogens (primary N) is 2. The second-order valence-corrected chi connectivity index (χ2v) is 15.2. The van der Waals surface area contributed by atoms with Gasteiger partial charge in [0.2, 0.25) is 23.7 Å². The molecule has 5 heterocycles. The number of morpholine rings is 1.